The minimum Gasteiger partial charge on any atom is -0.371 e. The number of amidine groups is 1. The van der Waals surface area contributed by atoms with Gasteiger partial charge in [0.25, 0.3) is 0 Å². The van der Waals surface area contributed by atoms with E-state index in [1.165, 1.54) is 12.8 Å². The highest BCUT2D eigenvalue weighted by Gasteiger charge is 2.33. The number of likely N-dealkylation sites (tertiary alicyclic amines) is 1. The van der Waals surface area contributed by atoms with Gasteiger partial charge < -0.3 is 9.64 Å². The summed E-state index contributed by atoms with van der Waals surface area (Å²) in [5.74, 6) is 0.773. The van der Waals surface area contributed by atoms with Gasteiger partial charge in [-0.1, -0.05) is 6.92 Å². The predicted molar refractivity (Wildman–Crippen MR) is 47.5 cm³/mol. The second-order valence-electron chi connectivity index (χ2n) is 3.66. The lowest BCUT2D eigenvalue weighted by Gasteiger charge is -2.33. The molecule has 2 atom stereocenters. The monoisotopic (exact) mass is 168 g/mol. The Hall–Kier alpha value is -0.570. The third-order valence-electron chi connectivity index (χ3n) is 2.76. The van der Waals surface area contributed by atoms with Gasteiger partial charge in [0.05, 0.1) is 18.0 Å². The van der Waals surface area contributed by atoms with Crippen molar-refractivity contribution >= 4 is 5.84 Å². The summed E-state index contributed by atoms with van der Waals surface area (Å²) in [5, 5.41) is 7.71. The molecule has 0 amide bonds. The number of hydrogen-bond acceptors (Lipinski definition) is 2. The maximum absolute atomic E-state index is 7.71. The van der Waals surface area contributed by atoms with E-state index in [2.05, 4.69) is 4.90 Å². The Morgan fingerprint density at radius 1 is 1.42 bits per heavy atom. The molecule has 0 aromatic carbocycles. The van der Waals surface area contributed by atoms with E-state index in [1.807, 2.05) is 6.92 Å². The molecule has 2 unspecified atom stereocenters. The number of rotatable bonds is 1. The van der Waals surface area contributed by atoms with Crippen molar-refractivity contribution in [2.75, 3.05) is 13.1 Å². The molecule has 0 saturated carbocycles. The maximum Gasteiger partial charge on any atom is 0.0956 e. The van der Waals surface area contributed by atoms with Gasteiger partial charge in [0, 0.05) is 19.5 Å². The molecule has 2 fully saturated rings. The fraction of sp³-hybridized carbons (Fsp3) is 0.889. The van der Waals surface area contributed by atoms with E-state index in [-0.39, 0.29) is 0 Å². The third kappa shape index (κ3) is 1.33. The summed E-state index contributed by atoms with van der Waals surface area (Å²) < 4.78 is 5.68. The summed E-state index contributed by atoms with van der Waals surface area (Å²) in [6.07, 6.45) is 4.06. The van der Waals surface area contributed by atoms with Gasteiger partial charge in [-0.15, -0.1) is 0 Å². The van der Waals surface area contributed by atoms with Crippen LogP contribution in [0, 0.1) is 5.41 Å². The molecule has 0 aromatic heterocycles. The minimum absolute atomic E-state index is 0.413. The van der Waals surface area contributed by atoms with Crippen molar-refractivity contribution in [2.24, 2.45) is 0 Å². The van der Waals surface area contributed by atoms with Crippen molar-refractivity contribution in [3.8, 4) is 0 Å². The fourth-order valence-corrected chi connectivity index (χ4v) is 2.06. The molecule has 3 nitrogen and oxygen atoms in total. The van der Waals surface area contributed by atoms with Gasteiger partial charge in [0.1, 0.15) is 0 Å². The number of ether oxygens (including phenoxy) is 1. The molecule has 2 aliphatic rings. The fourth-order valence-electron chi connectivity index (χ4n) is 2.06. The van der Waals surface area contributed by atoms with Crippen LogP contribution < -0.4 is 0 Å². The van der Waals surface area contributed by atoms with E-state index >= 15 is 0 Å². The second kappa shape index (κ2) is 3.05. The molecule has 2 aliphatic heterocycles. The molecule has 0 spiro atoms. The molecule has 0 aliphatic carbocycles. The van der Waals surface area contributed by atoms with E-state index in [9.17, 15) is 0 Å². The predicted octanol–water partition coefficient (Wildman–Crippen LogP) is 1.24. The standard InChI is InChI=1S/C9H16N2O/c1-2-9(10)11-5-7-3-4-8(6-11)12-7/h7-8,10H,2-6H2,1H3. The highest BCUT2D eigenvalue weighted by molar-refractivity contribution is 5.78. The summed E-state index contributed by atoms with van der Waals surface area (Å²) in [6.45, 7) is 3.94. The Balaban J connectivity index is 1.98. The third-order valence-corrected chi connectivity index (χ3v) is 2.76. The Morgan fingerprint density at radius 2 is 2.00 bits per heavy atom. The molecular weight excluding hydrogens is 152 g/mol. The van der Waals surface area contributed by atoms with Crippen LogP contribution in [0.5, 0.6) is 0 Å². The van der Waals surface area contributed by atoms with Crippen LogP contribution >= 0.6 is 0 Å². The zero-order chi connectivity index (χ0) is 8.55. The zero-order valence-corrected chi connectivity index (χ0v) is 7.55. The SMILES string of the molecule is CCC(=N)N1CC2CCC(C1)O2. The first-order chi connectivity index (χ1) is 5.79. The average molecular weight is 168 g/mol. The highest BCUT2D eigenvalue weighted by atomic mass is 16.5. The first-order valence-electron chi connectivity index (χ1n) is 4.77. The van der Waals surface area contributed by atoms with E-state index in [4.69, 9.17) is 10.1 Å². The van der Waals surface area contributed by atoms with E-state index < -0.39 is 0 Å². The molecule has 2 rings (SSSR count). The quantitative estimate of drug-likeness (QED) is 0.472. The highest BCUT2D eigenvalue weighted by Crippen LogP contribution is 2.26. The van der Waals surface area contributed by atoms with Crippen molar-refractivity contribution in [1.29, 1.82) is 5.41 Å². The van der Waals surface area contributed by atoms with E-state index in [1.54, 1.807) is 0 Å². The van der Waals surface area contributed by atoms with Crippen LogP contribution in [0.1, 0.15) is 26.2 Å². The lowest BCUT2D eigenvalue weighted by Crippen LogP contribution is -2.45. The first-order valence-corrected chi connectivity index (χ1v) is 4.77. The van der Waals surface area contributed by atoms with Gasteiger partial charge in [-0.3, -0.25) is 5.41 Å². The number of fused-ring (bicyclic) bond motifs is 2. The number of nitrogens with one attached hydrogen (secondary N) is 1. The van der Waals surface area contributed by atoms with Crippen LogP contribution in [-0.4, -0.2) is 36.0 Å². The van der Waals surface area contributed by atoms with Crippen LogP contribution in [0.4, 0.5) is 0 Å². The summed E-state index contributed by atoms with van der Waals surface area (Å²) in [6, 6.07) is 0. The van der Waals surface area contributed by atoms with Crippen molar-refractivity contribution in [1.82, 2.24) is 4.90 Å². The van der Waals surface area contributed by atoms with Crippen LogP contribution in [-0.2, 0) is 4.74 Å². The van der Waals surface area contributed by atoms with Crippen molar-refractivity contribution < 1.29 is 4.74 Å². The molecule has 0 radical (unpaired) electrons. The molecule has 12 heavy (non-hydrogen) atoms. The van der Waals surface area contributed by atoms with Crippen molar-refractivity contribution in [3.05, 3.63) is 0 Å². The van der Waals surface area contributed by atoms with Gasteiger partial charge in [-0.2, -0.15) is 0 Å². The molecule has 3 heteroatoms. The summed E-state index contributed by atoms with van der Waals surface area (Å²) in [4.78, 5) is 2.17. The Kier molecular flexibility index (Phi) is 2.05. The van der Waals surface area contributed by atoms with Gasteiger partial charge >= 0.3 is 0 Å². The second-order valence-corrected chi connectivity index (χ2v) is 3.66. The van der Waals surface area contributed by atoms with E-state index in [0.717, 1.165) is 25.3 Å². The lowest BCUT2D eigenvalue weighted by atomic mass is 10.2. The summed E-state index contributed by atoms with van der Waals surface area (Å²) in [7, 11) is 0. The largest absolute Gasteiger partial charge is 0.371 e. The maximum atomic E-state index is 7.71. The van der Waals surface area contributed by atoms with Crippen LogP contribution in [0.25, 0.3) is 0 Å². The van der Waals surface area contributed by atoms with Crippen molar-refractivity contribution in [2.45, 2.75) is 38.4 Å². The lowest BCUT2D eigenvalue weighted by molar-refractivity contribution is -0.0164. The zero-order valence-electron chi connectivity index (χ0n) is 7.55. The Bertz CT molecular complexity index is 181. The van der Waals surface area contributed by atoms with E-state index in [0.29, 0.717) is 12.2 Å². The molecule has 1 N–H and O–H groups in total. The summed E-state index contributed by atoms with van der Waals surface area (Å²) in [5.41, 5.74) is 0. The minimum atomic E-state index is 0.413. The van der Waals surface area contributed by atoms with Gasteiger partial charge in [-0.25, -0.2) is 0 Å². The molecule has 68 valence electrons. The molecule has 2 bridgehead atoms. The van der Waals surface area contributed by atoms with Crippen LogP contribution in [0.3, 0.4) is 0 Å². The van der Waals surface area contributed by atoms with Crippen LogP contribution in [0.2, 0.25) is 0 Å². The normalized spacial score (nSPS) is 33.9. The molecule has 2 saturated heterocycles. The van der Waals surface area contributed by atoms with Crippen LogP contribution in [0.15, 0.2) is 0 Å². The van der Waals surface area contributed by atoms with Gasteiger partial charge in [-0.05, 0) is 12.8 Å². The summed E-state index contributed by atoms with van der Waals surface area (Å²) >= 11 is 0. The smallest absolute Gasteiger partial charge is 0.0956 e. The Labute approximate surface area is 73.2 Å². The number of morpholine rings is 1. The number of hydrogen-bond donors (Lipinski definition) is 1. The first kappa shape index (κ1) is 8.05. The molecule has 2 heterocycles. The van der Waals surface area contributed by atoms with Crippen molar-refractivity contribution in [3.63, 3.8) is 0 Å². The average Bonchev–Trinajstić information content (AvgIpc) is 2.44. The molecular formula is C9H16N2O. The van der Waals surface area contributed by atoms with Gasteiger partial charge in [0.2, 0.25) is 0 Å². The van der Waals surface area contributed by atoms with Gasteiger partial charge in [0.15, 0.2) is 0 Å². The molecule has 0 aromatic rings. The number of nitrogens with zero attached hydrogens (tertiary/aromatic N) is 1. The topological polar surface area (TPSA) is 36.3 Å². The Morgan fingerprint density at radius 3 is 2.50 bits per heavy atom.